The monoisotopic (exact) mass is 172 g/mol. The molecular formula is C8H13FN2O. The van der Waals surface area contributed by atoms with Crippen molar-refractivity contribution in [2.24, 2.45) is 0 Å². The van der Waals surface area contributed by atoms with Gasteiger partial charge in [0.25, 0.3) is 0 Å². The first-order valence-electron chi connectivity index (χ1n) is 3.95. The Bertz CT molecular complexity index is 243. The molecule has 0 unspecified atom stereocenters. The van der Waals surface area contributed by atoms with Crippen LogP contribution in [0.1, 0.15) is 38.5 Å². The van der Waals surface area contributed by atoms with Gasteiger partial charge >= 0.3 is 0 Å². The fraction of sp³-hybridized carbons (Fsp3) is 0.625. The average molecular weight is 172 g/mol. The van der Waals surface area contributed by atoms with E-state index in [2.05, 4.69) is 5.10 Å². The summed E-state index contributed by atoms with van der Waals surface area (Å²) in [5.41, 5.74) is 0.253. The lowest BCUT2D eigenvalue weighted by Gasteiger charge is -2.06. The molecule has 0 saturated heterocycles. The molecule has 1 N–H and O–H groups in total. The molecule has 1 aromatic rings. The number of hydrogen-bond donors (Lipinski definition) is 1. The molecule has 3 nitrogen and oxygen atoms in total. The summed E-state index contributed by atoms with van der Waals surface area (Å²) in [7, 11) is 0. The number of rotatable bonds is 2. The van der Waals surface area contributed by atoms with Crippen molar-refractivity contribution in [1.82, 2.24) is 9.78 Å². The molecule has 0 fully saturated rings. The summed E-state index contributed by atoms with van der Waals surface area (Å²) >= 11 is 0. The lowest BCUT2D eigenvalue weighted by Crippen LogP contribution is -2.06. The van der Waals surface area contributed by atoms with Crippen LogP contribution >= 0.6 is 0 Å². The molecule has 0 aliphatic heterocycles. The molecule has 0 aliphatic rings. The lowest BCUT2D eigenvalue weighted by atomic mass is 10.2. The molecule has 1 heterocycles. The maximum Gasteiger partial charge on any atom is 0.217 e. The minimum atomic E-state index is -0.794. The van der Waals surface area contributed by atoms with E-state index in [-0.39, 0.29) is 11.6 Å². The highest BCUT2D eigenvalue weighted by molar-refractivity contribution is 5.09. The van der Waals surface area contributed by atoms with E-state index >= 15 is 0 Å². The molecule has 0 saturated carbocycles. The van der Waals surface area contributed by atoms with Crippen LogP contribution < -0.4 is 0 Å². The van der Waals surface area contributed by atoms with Gasteiger partial charge in [-0.25, -0.2) is 4.68 Å². The second-order valence-electron chi connectivity index (χ2n) is 3.11. The van der Waals surface area contributed by atoms with Gasteiger partial charge in [0.2, 0.25) is 5.95 Å². The fourth-order valence-electron chi connectivity index (χ4n) is 1.00. The van der Waals surface area contributed by atoms with E-state index in [1.54, 1.807) is 0 Å². The van der Waals surface area contributed by atoms with Gasteiger partial charge in [-0.15, -0.1) is 0 Å². The lowest BCUT2D eigenvalue weighted by molar-refractivity contribution is 0.192. The highest BCUT2D eigenvalue weighted by Crippen LogP contribution is 2.17. The number of nitrogens with zero attached hydrogens (tertiary/aromatic N) is 2. The van der Waals surface area contributed by atoms with Crippen molar-refractivity contribution in [3.05, 3.63) is 17.7 Å². The average Bonchev–Trinajstić information content (AvgIpc) is 2.30. The Morgan fingerprint density at radius 1 is 1.50 bits per heavy atom. The summed E-state index contributed by atoms with van der Waals surface area (Å²) in [4.78, 5) is 0. The van der Waals surface area contributed by atoms with Crippen molar-refractivity contribution in [3.8, 4) is 0 Å². The standard InChI is InChI=1S/C8H13FN2O/c1-5(2)11-8(9)7(4-10-11)6(3)12/h4-6,12H,1-3H3/t6-/m0/s1. The number of aromatic nitrogens is 2. The van der Waals surface area contributed by atoms with Crippen LogP contribution in [-0.2, 0) is 0 Å². The Morgan fingerprint density at radius 2 is 2.08 bits per heavy atom. The highest BCUT2D eigenvalue weighted by atomic mass is 19.1. The first-order chi connectivity index (χ1) is 5.54. The molecule has 4 heteroatoms. The van der Waals surface area contributed by atoms with Gasteiger partial charge in [0.15, 0.2) is 0 Å². The Hall–Kier alpha value is -0.900. The van der Waals surface area contributed by atoms with Crippen LogP contribution in [0.4, 0.5) is 4.39 Å². The van der Waals surface area contributed by atoms with Crippen molar-refractivity contribution in [2.75, 3.05) is 0 Å². The summed E-state index contributed by atoms with van der Waals surface area (Å²) < 4.78 is 14.5. The van der Waals surface area contributed by atoms with E-state index in [0.717, 1.165) is 0 Å². The zero-order valence-electron chi connectivity index (χ0n) is 7.45. The van der Waals surface area contributed by atoms with Crippen molar-refractivity contribution in [2.45, 2.75) is 32.9 Å². The Labute approximate surface area is 70.8 Å². The van der Waals surface area contributed by atoms with E-state index in [9.17, 15) is 4.39 Å². The quantitative estimate of drug-likeness (QED) is 0.736. The summed E-state index contributed by atoms with van der Waals surface area (Å²) in [6.45, 7) is 5.19. The maximum atomic E-state index is 13.3. The minimum absolute atomic E-state index is 0.0162. The van der Waals surface area contributed by atoms with Gasteiger partial charge in [0.1, 0.15) is 0 Å². The molecule has 0 aliphatic carbocycles. The molecule has 0 spiro atoms. The normalized spacial score (nSPS) is 13.8. The predicted molar refractivity (Wildman–Crippen MR) is 43.2 cm³/mol. The van der Waals surface area contributed by atoms with Gasteiger partial charge in [-0.3, -0.25) is 0 Å². The van der Waals surface area contributed by atoms with E-state index in [4.69, 9.17) is 5.11 Å². The Morgan fingerprint density at radius 3 is 2.33 bits per heavy atom. The molecule has 0 amide bonds. The van der Waals surface area contributed by atoms with E-state index < -0.39 is 12.1 Å². The molecule has 1 aromatic heterocycles. The number of aliphatic hydroxyl groups is 1. The van der Waals surface area contributed by atoms with Gasteiger partial charge in [-0.05, 0) is 20.8 Å². The highest BCUT2D eigenvalue weighted by Gasteiger charge is 2.15. The number of hydrogen-bond acceptors (Lipinski definition) is 2. The van der Waals surface area contributed by atoms with E-state index in [1.165, 1.54) is 17.8 Å². The molecule has 1 rings (SSSR count). The Balaban J connectivity index is 3.04. The van der Waals surface area contributed by atoms with Crippen molar-refractivity contribution >= 4 is 0 Å². The van der Waals surface area contributed by atoms with Crippen LogP contribution in [0.25, 0.3) is 0 Å². The van der Waals surface area contributed by atoms with Crippen molar-refractivity contribution in [3.63, 3.8) is 0 Å². The molecular weight excluding hydrogens is 159 g/mol. The van der Waals surface area contributed by atoms with Crippen molar-refractivity contribution in [1.29, 1.82) is 0 Å². The molecule has 1 atom stereocenters. The van der Waals surface area contributed by atoms with Crippen LogP contribution in [0.3, 0.4) is 0 Å². The third-order valence-electron chi connectivity index (χ3n) is 1.70. The summed E-state index contributed by atoms with van der Waals surface area (Å²) in [5, 5.41) is 12.9. The molecule has 0 radical (unpaired) electrons. The first kappa shape index (κ1) is 9.19. The van der Waals surface area contributed by atoms with E-state index in [0.29, 0.717) is 0 Å². The van der Waals surface area contributed by atoms with Crippen LogP contribution in [-0.4, -0.2) is 14.9 Å². The SMILES string of the molecule is CC(C)n1ncc([C@H](C)O)c1F. The summed E-state index contributed by atoms with van der Waals surface area (Å²) in [5.74, 6) is -0.444. The van der Waals surface area contributed by atoms with Crippen molar-refractivity contribution < 1.29 is 9.50 Å². The minimum Gasteiger partial charge on any atom is -0.388 e. The van der Waals surface area contributed by atoms with Crippen LogP contribution in [0.5, 0.6) is 0 Å². The van der Waals surface area contributed by atoms with Gasteiger partial charge in [0, 0.05) is 6.04 Å². The second-order valence-corrected chi connectivity index (χ2v) is 3.11. The van der Waals surface area contributed by atoms with Gasteiger partial charge in [-0.2, -0.15) is 9.49 Å². The molecule has 12 heavy (non-hydrogen) atoms. The topological polar surface area (TPSA) is 38.0 Å². The van der Waals surface area contributed by atoms with Crippen LogP contribution in [0.2, 0.25) is 0 Å². The predicted octanol–water partition coefficient (Wildman–Crippen LogP) is 1.66. The molecule has 0 bridgehead atoms. The van der Waals surface area contributed by atoms with E-state index in [1.807, 2.05) is 13.8 Å². The van der Waals surface area contributed by atoms with Gasteiger partial charge < -0.3 is 5.11 Å². The molecule has 68 valence electrons. The smallest absolute Gasteiger partial charge is 0.217 e. The largest absolute Gasteiger partial charge is 0.388 e. The Kier molecular flexibility index (Phi) is 2.47. The first-order valence-corrected chi connectivity index (χ1v) is 3.95. The third-order valence-corrected chi connectivity index (χ3v) is 1.70. The number of aliphatic hydroxyl groups excluding tert-OH is 1. The zero-order valence-corrected chi connectivity index (χ0v) is 7.45. The number of halogens is 1. The maximum absolute atomic E-state index is 13.3. The fourth-order valence-corrected chi connectivity index (χ4v) is 1.00. The van der Waals surface area contributed by atoms with Gasteiger partial charge in [-0.1, -0.05) is 0 Å². The summed E-state index contributed by atoms with van der Waals surface area (Å²) in [6, 6.07) is -0.0162. The van der Waals surface area contributed by atoms with Gasteiger partial charge in [0.05, 0.1) is 17.9 Å². The van der Waals surface area contributed by atoms with Crippen LogP contribution in [0, 0.1) is 5.95 Å². The summed E-state index contributed by atoms with van der Waals surface area (Å²) in [6.07, 6.45) is 0.567. The van der Waals surface area contributed by atoms with Crippen LogP contribution in [0.15, 0.2) is 6.20 Å². The zero-order chi connectivity index (χ0) is 9.30. The molecule has 0 aromatic carbocycles. The third kappa shape index (κ3) is 1.48. The second kappa shape index (κ2) is 3.23.